The van der Waals surface area contributed by atoms with Crippen LogP contribution in [0, 0.1) is 5.92 Å². The van der Waals surface area contributed by atoms with E-state index >= 15 is 0 Å². The van der Waals surface area contributed by atoms with Gasteiger partial charge in [-0.3, -0.25) is 14.4 Å². The Labute approximate surface area is 272 Å². The lowest BCUT2D eigenvalue weighted by Crippen LogP contribution is -2.30. The Morgan fingerprint density at radius 3 is 1.18 bits per heavy atom. The third kappa shape index (κ3) is 30.4. The summed E-state index contributed by atoms with van der Waals surface area (Å²) in [7, 11) is 0. The summed E-state index contributed by atoms with van der Waals surface area (Å²) in [6.45, 7) is 8.86. The molecule has 0 aromatic heterocycles. The largest absolute Gasteiger partial charge is 0.462 e. The molecule has 0 bridgehead atoms. The van der Waals surface area contributed by atoms with Gasteiger partial charge in [0.2, 0.25) is 0 Å². The second kappa shape index (κ2) is 32.8. The zero-order valence-corrected chi connectivity index (χ0v) is 29.6. The van der Waals surface area contributed by atoms with E-state index in [9.17, 15) is 14.4 Å². The third-order valence-electron chi connectivity index (χ3n) is 8.65. The van der Waals surface area contributed by atoms with Crippen molar-refractivity contribution in [2.24, 2.45) is 5.92 Å². The minimum absolute atomic E-state index is 0.0667. The van der Waals surface area contributed by atoms with Crippen LogP contribution in [0.4, 0.5) is 0 Å². The molecule has 0 aliphatic heterocycles. The molecule has 0 saturated heterocycles. The van der Waals surface area contributed by atoms with E-state index in [0.717, 1.165) is 70.1 Å². The van der Waals surface area contributed by atoms with Crippen molar-refractivity contribution in [3.05, 3.63) is 0 Å². The first-order chi connectivity index (χ1) is 21.4. The second-order valence-corrected chi connectivity index (χ2v) is 13.1. The first-order valence-corrected chi connectivity index (χ1v) is 18.9. The lowest BCUT2D eigenvalue weighted by molar-refractivity contribution is -0.167. The van der Waals surface area contributed by atoms with Gasteiger partial charge >= 0.3 is 17.9 Å². The standard InChI is InChI=1S/C38H72O6/c1-5-8-10-12-17-23-27-31-38(41)44-35(32-42-36(39)29-25-20-11-9-6-2)33-43-37(40)30-26-22-19-16-14-13-15-18-21-24-28-34(4)7-3/h34-35H,5-33H2,1-4H3/t34?,35-/m0/s1. The Balaban J connectivity index is 4.21. The van der Waals surface area contributed by atoms with E-state index in [-0.39, 0.29) is 31.1 Å². The molecular formula is C38H72O6. The Morgan fingerprint density at radius 1 is 0.455 bits per heavy atom. The number of unbranched alkanes of at least 4 members (excludes halogenated alkanes) is 19. The molecule has 2 atom stereocenters. The van der Waals surface area contributed by atoms with Crippen molar-refractivity contribution in [1.82, 2.24) is 0 Å². The fraction of sp³-hybridized carbons (Fsp3) is 0.921. The monoisotopic (exact) mass is 625 g/mol. The summed E-state index contributed by atoms with van der Waals surface area (Å²) < 4.78 is 16.4. The van der Waals surface area contributed by atoms with E-state index in [1.165, 1.54) is 89.9 Å². The SMILES string of the molecule is CCCCCCCCCC(=O)O[C@@H](COC(=O)CCCCCCC)COC(=O)CCCCCCCCCCCCC(C)CC. The Hall–Kier alpha value is -1.59. The molecule has 1 unspecified atom stereocenters. The van der Waals surface area contributed by atoms with Gasteiger partial charge in [-0.1, -0.05) is 163 Å². The van der Waals surface area contributed by atoms with Gasteiger partial charge in [0.05, 0.1) is 0 Å². The smallest absolute Gasteiger partial charge is 0.306 e. The average Bonchev–Trinajstić information content (AvgIpc) is 3.02. The van der Waals surface area contributed by atoms with Crippen LogP contribution < -0.4 is 0 Å². The van der Waals surface area contributed by atoms with Crippen molar-refractivity contribution in [3.8, 4) is 0 Å². The van der Waals surface area contributed by atoms with Gasteiger partial charge in [0.15, 0.2) is 6.10 Å². The average molecular weight is 625 g/mol. The minimum Gasteiger partial charge on any atom is -0.462 e. The zero-order valence-electron chi connectivity index (χ0n) is 29.6. The highest BCUT2D eigenvalue weighted by molar-refractivity contribution is 5.71. The maximum absolute atomic E-state index is 12.5. The maximum Gasteiger partial charge on any atom is 0.306 e. The predicted molar refractivity (Wildman–Crippen MR) is 183 cm³/mol. The van der Waals surface area contributed by atoms with Gasteiger partial charge < -0.3 is 14.2 Å². The van der Waals surface area contributed by atoms with Crippen molar-refractivity contribution in [2.75, 3.05) is 13.2 Å². The van der Waals surface area contributed by atoms with Crippen molar-refractivity contribution in [3.63, 3.8) is 0 Å². The summed E-state index contributed by atoms with van der Waals surface area (Å²) in [6, 6.07) is 0. The molecule has 0 aliphatic rings. The lowest BCUT2D eigenvalue weighted by atomic mass is 9.99. The normalized spacial score (nSPS) is 12.5. The van der Waals surface area contributed by atoms with Crippen LogP contribution >= 0.6 is 0 Å². The predicted octanol–water partition coefficient (Wildman–Crippen LogP) is 11.2. The van der Waals surface area contributed by atoms with Crippen molar-refractivity contribution >= 4 is 17.9 Å². The van der Waals surface area contributed by atoms with Crippen LogP contribution in [0.25, 0.3) is 0 Å². The molecule has 44 heavy (non-hydrogen) atoms. The lowest BCUT2D eigenvalue weighted by Gasteiger charge is -2.18. The molecule has 260 valence electrons. The minimum atomic E-state index is -0.755. The zero-order chi connectivity index (χ0) is 32.5. The molecule has 0 N–H and O–H groups in total. The van der Waals surface area contributed by atoms with E-state index < -0.39 is 6.10 Å². The molecule has 0 radical (unpaired) electrons. The van der Waals surface area contributed by atoms with Gasteiger partial charge in [-0.05, 0) is 25.2 Å². The summed E-state index contributed by atoms with van der Waals surface area (Å²) in [5.41, 5.74) is 0. The molecular weight excluding hydrogens is 552 g/mol. The topological polar surface area (TPSA) is 78.9 Å². The Morgan fingerprint density at radius 2 is 0.795 bits per heavy atom. The van der Waals surface area contributed by atoms with Crippen LogP contribution in [0.1, 0.15) is 201 Å². The molecule has 0 aromatic carbocycles. The highest BCUT2D eigenvalue weighted by Crippen LogP contribution is 2.16. The van der Waals surface area contributed by atoms with E-state index in [1.807, 2.05) is 0 Å². The number of esters is 3. The second-order valence-electron chi connectivity index (χ2n) is 13.1. The number of rotatable bonds is 33. The van der Waals surface area contributed by atoms with E-state index in [1.54, 1.807) is 0 Å². The first kappa shape index (κ1) is 42.4. The Kier molecular flexibility index (Phi) is 31.6. The van der Waals surface area contributed by atoms with Crippen LogP contribution in [0.15, 0.2) is 0 Å². The number of hydrogen-bond acceptors (Lipinski definition) is 6. The van der Waals surface area contributed by atoms with Crippen LogP contribution in [0.2, 0.25) is 0 Å². The molecule has 0 fully saturated rings. The van der Waals surface area contributed by atoms with E-state index in [2.05, 4.69) is 27.7 Å². The van der Waals surface area contributed by atoms with Gasteiger partial charge in [-0.25, -0.2) is 0 Å². The molecule has 0 rings (SSSR count). The molecule has 0 aromatic rings. The molecule has 6 heteroatoms. The highest BCUT2D eigenvalue weighted by Gasteiger charge is 2.19. The maximum atomic E-state index is 12.5. The molecule has 0 aliphatic carbocycles. The van der Waals surface area contributed by atoms with E-state index in [0.29, 0.717) is 19.3 Å². The van der Waals surface area contributed by atoms with Crippen LogP contribution in [-0.4, -0.2) is 37.2 Å². The van der Waals surface area contributed by atoms with Gasteiger partial charge in [-0.15, -0.1) is 0 Å². The summed E-state index contributed by atoms with van der Waals surface area (Å²) in [4.78, 5) is 37.0. The summed E-state index contributed by atoms with van der Waals surface area (Å²) in [6.07, 6.45) is 28.3. The number of carbonyl (C=O) groups excluding carboxylic acids is 3. The fourth-order valence-corrected chi connectivity index (χ4v) is 5.36. The fourth-order valence-electron chi connectivity index (χ4n) is 5.36. The molecule has 0 saturated carbocycles. The number of carbonyl (C=O) groups is 3. The van der Waals surface area contributed by atoms with Crippen LogP contribution in [0.5, 0.6) is 0 Å². The van der Waals surface area contributed by atoms with E-state index in [4.69, 9.17) is 14.2 Å². The first-order valence-electron chi connectivity index (χ1n) is 18.9. The van der Waals surface area contributed by atoms with Gasteiger partial charge in [0.25, 0.3) is 0 Å². The molecule has 6 nitrogen and oxygen atoms in total. The van der Waals surface area contributed by atoms with Gasteiger partial charge in [0.1, 0.15) is 13.2 Å². The summed E-state index contributed by atoms with van der Waals surface area (Å²) in [5, 5.41) is 0. The highest BCUT2D eigenvalue weighted by atomic mass is 16.6. The van der Waals surface area contributed by atoms with Crippen molar-refractivity contribution < 1.29 is 28.6 Å². The van der Waals surface area contributed by atoms with Crippen molar-refractivity contribution in [1.29, 1.82) is 0 Å². The number of hydrogen-bond donors (Lipinski definition) is 0. The van der Waals surface area contributed by atoms with Crippen LogP contribution in [-0.2, 0) is 28.6 Å². The van der Waals surface area contributed by atoms with Crippen molar-refractivity contribution in [2.45, 2.75) is 207 Å². The van der Waals surface area contributed by atoms with Gasteiger partial charge in [-0.2, -0.15) is 0 Å². The summed E-state index contributed by atoms with van der Waals surface area (Å²) in [5.74, 6) is -0.0168. The molecule has 0 amide bonds. The molecule has 0 heterocycles. The number of ether oxygens (including phenoxy) is 3. The quantitative estimate of drug-likeness (QED) is 0.0410. The van der Waals surface area contributed by atoms with Crippen LogP contribution in [0.3, 0.4) is 0 Å². The third-order valence-corrected chi connectivity index (χ3v) is 8.65. The Bertz CT molecular complexity index is 664. The molecule has 0 spiro atoms. The van der Waals surface area contributed by atoms with Gasteiger partial charge in [0, 0.05) is 19.3 Å². The summed E-state index contributed by atoms with van der Waals surface area (Å²) >= 11 is 0.